The summed E-state index contributed by atoms with van der Waals surface area (Å²) in [4.78, 5) is 11.5. The minimum absolute atomic E-state index is 0.468. The lowest BCUT2D eigenvalue weighted by Gasteiger charge is -2.40. The molecule has 2 fully saturated rings. The van der Waals surface area contributed by atoms with E-state index in [0.717, 1.165) is 36.0 Å². The molecule has 1 aromatic heterocycles. The lowest BCUT2D eigenvalue weighted by molar-refractivity contribution is 0.0529. The van der Waals surface area contributed by atoms with Gasteiger partial charge in [-0.3, -0.25) is 4.90 Å². The number of hydrogen-bond acceptors (Lipinski definition) is 6. The number of fused-ring (bicyclic) bond motifs is 3. The van der Waals surface area contributed by atoms with E-state index in [0.29, 0.717) is 30.6 Å². The van der Waals surface area contributed by atoms with Gasteiger partial charge >= 0.3 is 0 Å². The van der Waals surface area contributed by atoms with E-state index in [2.05, 4.69) is 56.6 Å². The monoisotopic (exact) mass is 444 g/mol. The summed E-state index contributed by atoms with van der Waals surface area (Å²) in [7, 11) is 1.59. The minimum Gasteiger partial charge on any atom is -0.480 e. The summed E-state index contributed by atoms with van der Waals surface area (Å²) in [5, 5.41) is 14.9. The summed E-state index contributed by atoms with van der Waals surface area (Å²) < 4.78 is 5.25. The van der Waals surface area contributed by atoms with Gasteiger partial charge in [0, 0.05) is 36.8 Å². The van der Waals surface area contributed by atoms with Crippen LogP contribution in [-0.2, 0) is 0 Å². The summed E-state index contributed by atoms with van der Waals surface area (Å²) in [6.07, 6.45) is 10.1. The van der Waals surface area contributed by atoms with Gasteiger partial charge in [-0.05, 0) is 37.3 Å². The summed E-state index contributed by atoms with van der Waals surface area (Å²) in [5.74, 6) is 0.468. The lowest BCUT2D eigenvalue weighted by Crippen LogP contribution is -2.50. The lowest BCUT2D eigenvalue weighted by atomic mass is 9.96. The molecule has 2 saturated heterocycles. The fourth-order valence-electron chi connectivity index (χ4n) is 5.44. The minimum atomic E-state index is -0.600. The van der Waals surface area contributed by atoms with Crippen LogP contribution < -0.4 is 10.1 Å². The van der Waals surface area contributed by atoms with Crippen LogP contribution in [0.5, 0.6) is 5.88 Å². The molecule has 0 saturated carbocycles. The molecule has 0 radical (unpaired) electrons. The molecule has 33 heavy (non-hydrogen) atoms. The van der Waals surface area contributed by atoms with Gasteiger partial charge in [-0.15, -0.1) is 0 Å². The van der Waals surface area contributed by atoms with Crippen molar-refractivity contribution in [3.8, 4) is 5.88 Å². The zero-order valence-electron chi connectivity index (χ0n) is 19.1. The van der Waals surface area contributed by atoms with Gasteiger partial charge in [0.05, 0.1) is 30.4 Å². The molecule has 3 aromatic rings. The first-order valence-corrected chi connectivity index (χ1v) is 11.9. The molecule has 0 spiro atoms. The summed E-state index contributed by atoms with van der Waals surface area (Å²) in [6, 6.07) is 17.8. The number of ether oxygens (including phenoxy) is 1. The number of nitrogens with one attached hydrogen (secondary N) is 1. The third kappa shape index (κ3) is 4.93. The number of hydrogen-bond donors (Lipinski definition) is 2. The molecule has 2 aromatic carbocycles. The topological polar surface area (TPSA) is 70.5 Å². The molecule has 6 heteroatoms. The summed E-state index contributed by atoms with van der Waals surface area (Å²) in [5.41, 5.74) is 3.56. The Morgan fingerprint density at radius 1 is 1.12 bits per heavy atom. The molecule has 172 valence electrons. The van der Waals surface area contributed by atoms with Crippen LogP contribution in [0.15, 0.2) is 60.8 Å². The van der Waals surface area contributed by atoms with Gasteiger partial charge in [-0.2, -0.15) is 0 Å². The van der Waals surface area contributed by atoms with Crippen LogP contribution in [0.25, 0.3) is 17.1 Å². The molecular weight excluding hydrogens is 412 g/mol. The first kappa shape index (κ1) is 22.0. The molecule has 2 bridgehead atoms. The number of aromatic nitrogens is 2. The molecule has 0 aliphatic carbocycles. The second-order valence-corrected chi connectivity index (χ2v) is 9.11. The number of methoxy groups -OCH3 is 1. The van der Waals surface area contributed by atoms with Gasteiger partial charge in [0.25, 0.3) is 0 Å². The molecular formula is C27H32N4O2. The summed E-state index contributed by atoms with van der Waals surface area (Å²) >= 11 is 0. The van der Waals surface area contributed by atoms with Crippen LogP contribution in [0, 0.1) is 0 Å². The van der Waals surface area contributed by atoms with Crippen LogP contribution in [0.3, 0.4) is 0 Å². The van der Waals surface area contributed by atoms with E-state index in [1.54, 1.807) is 13.3 Å². The molecule has 2 aliphatic rings. The highest BCUT2D eigenvalue weighted by atomic mass is 16.5. The third-order valence-electron chi connectivity index (χ3n) is 7.05. The molecule has 0 amide bonds. The molecule has 3 atom stereocenters. The van der Waals surface area contributed by atoms with Gasteiger partial charge in [-0.1, -0.05) is 54.6 Å². The number of rotatable bonds is 8. The normalized spacial score (nSPS) is 23.9. The highest BCUT2D eigenvalue weighted by Gasteiger charge is 2.41. The fourth-order valence-corrected chi connectivity index (χ4v) is 5.44. The van der Waals surface area contributed by atoms with Gasteiger partial charge in [0.2, 0.25) is 5.88 Å². The van der Waals surface area contributed by atoms with Crippen LogP contribution >= 0.6 is 0 Å². The zero-order chi connectivity index (χ0) is 22.6. The Labute approximate surface area is 195 Å². The quantitative estimate of drug-likeness (QED) is 0.548. The van der Waals surface area contributed by atoms with Crippen molar-refractivity contribution in [2.75, 3.05) is 20.2 Å². The Hall–Kier alpha value is -2.80. The number of benzene rings is 2. The van der Waals surface area contributed by atoms with Crippen molar-refractivity contribution < 1.29 is 9.84 Å². The van der Waals surface area contributed by atoms with E-state index < -0.39 is 6.10 Å². The zero-order valence-corrected chi connectivity index (χ0v) is 19.1. The van der Waals surface area contributed by atoms with Crippen molar-refractivity contribution in [1.29, 1.82) is 0 Å². The average molecular weight is 445 g/mol. The number of nitrogens with zero attached hydrogens (tertiary/aromatic N) is 3. The third-order valence-corrected chi connectivity index (χ3v) is 7.05. The number of para-hydroxylation sites is 1. The van der Waals surface area contributed by atoms with Crippen LogP contribution in [0.4, 0.5) is 0 Å². The van der Waals surface area contributed by atoms with Crippen molar-refractivity contribution in [1.82, 2.24) is 20.2 Å². The highest BCUT2D eigenvalue weighted by molar-refractivity contribution is 5.78. The highest BCUT2D eigenvalue weighted by Crippen LogP contribution is 2.37. The molecule has 6 nitrogen and oxygen atoms in total. The maximum Gasteiger partial charge on any atom is 0.232 e. The molecule has 5 rings (SSSR count). The smallest absolute Gasteiger partial charge is 0.232 e. The predicted octanol–water partition coefficient (Wildman–Crippen LogP) is 3.97. The molecule has 3 unspecified atom stereocenters. The summed E-state index contributed by atoms with van der Waals surface area (Å²) in [6.45, 7) is 1.52. The largest absolute Gasteiger partial charge is 0.480 e. The van der Waals surface area contributed by atoms with Crippen molar-refractivity contribution >= 4 is 17.1 Å². The first-order chi connectivity index (χ1) is 16.2. The van der Waals surface area contributed by atoms with E-state index in [4.69, 9.17) is 4.74 Å². The van der Waals surface area contributed by atoms with Gasteiger partial charge in [-0.25, -0.2) is 9.97 Å². The Kier molecular flexibility index (Phi) is 6.67. The molecule has 3 heterocycles. The van der Waals surface area contributed by atoms with Crippen molar-refractivity contribution in [2.24, 2.45) is 0 Å². The van der Waals surface area contributed by atoms with Crippen molar-refractivity contribution in [3.63, 3.8) is 0 Å². The van der Waals surface area contributed by atoms with Crippen molar-refractivity contribution in [2.45, 2.75) is 49.9 Å². The van der Waals surface area contributed by atoms with Crippen LogP contribution in [0.1, 0.15) is 42.9 Å². The van der Waals surface area contributed by atoms with E-state index in [1.165, 1.54) is 18.4 Å². The van der Waals surface area contributed by atoms with Crippen molar-refractivity contribution in [3.05, 3.63) is 71.9 Å². The second kappa shape index (κ2) is 10.00. The molecule has 2 aliphatic heterocycles. The SMILES string of the molecule is COc1cnc2cccc(C(O)CN3C4CCC3CC(NCC=Cc3ccccc3)C4)c2n1. The maximum absolute atomic E-state index is 11.2. The first-order valence-electron chi connectivity index (χ1n) is 11.9. The second-order valence-electron chi connectivity index (χ2n) is 9.11. The van der Waals surface area contributed by atoms with Crippen LogP contribution in [-0.4, -0.2) is 58.3 Å². The number of aliphatic hydroxyl groups excluding tert-OH is 1. The maximum atomic E-state index is 11.2. The Morgan fingerprint density at radius 3 is 2.67 bits per heavy atom. The fraction of sp³-hybridized carbons (Fsp3) is 0.407. The Morgan fingerprint density at radius 2 is 1.91 bits per heavy atom. The van der Waals surface area contributed by atoms with Crippen LogP contribution in [0.2, 0.25) is 0 Å². The predicted molar refractivity (Wildman–Crippen MR) is 131 cm³/mol. The Bertz CT molecular complexity index is 1090. The number of aliphatic hydroxyl groups is 1. The van der Waals surface area contributed by atoms with Gasteiger partial charge in [0.15, 0.2) is 0 Å². The average Bonchev–Trinajstić information content (AvgIpc) is 3.08. The number of piperidine rings is 1. The Balaban J connectivity index is 1.20. The van der Waals surface area contributed by atoms with Gasteiger partial charge in [0.1, 0.15) is 0 Å². The molecule has 2 N–H and O–H groups in total. The van der Waals surface area contributed by atoms with E-state index in [9.17, 15) is 5.11 Å². The van der Waals surface area contributed by atoms with E-state index in [1.807, 2.05) is 24.3 Å². The van der Waals surface area contributed by atoms with E-state index >= 15 is 0 Å². The van der Waals surface area contributed by atoms with E-state index in [-0.39, 0.29) is 0 Å². The van der Waals surface area contributed by atoms with Gasteiger partial charge < -0.3 is 15.2 Å². The standard InChI is InChI=1S/C27H32N4O2/c1-33-26-17-29-24-11-5-10-23(27(24)30-26)25(32)18-31-21-12-13-22(31)16-20(15-21)28-14-6-9-19-7-3-2-4-8-19/h2-11,17,20-22,25,28,32H,12-16,18H2,1H3.